The van der Waals surface area contributed by atoms with Crippen molar-refractivity contribution >= 4 is 17.0 Å². The van der Waals surface area contributed by atoms with E-state index in [2.05, 4.69) is 22.2 Å². The number of nitrogens with zero attached hydrogens (tertiary/aromatic N) is 2. The van der Waals surface area contributed by atoms with E-state index < -0.39 is 0 Å². The van der Waals surface area contributed by atoms with Gasteiger partial charge in [-0.25, -0.2) is 9.78 Å². The first-order valence-electron chi connectivity index (χ1n) is 6.26. The van der Waals surface area contributed by atoms with Crippen molar-refractivity contribution in [1.82, 2.24) is 14.5 Å². The summed E-state index contributed by atoms with van der Waals surface area (Å²) in [4.78, 5) is 18.4. The van der Waals surface area contributed by atoms with Crippen molar-refractivity contribution in [2.24, 2.45) is 0 Å². The third kappa shape index (κ3) is 2.50. The molecule has 102 valence electrons. The smallest absolute Gasteiger partial charge is 0.330 e. The molecule has 0 aliphatic carbocycles. The molecule has 0 radical (unpaired) electrons. The first kappa shape index (κ1) is 12.7. The molecule has 5 nitrogen and oxygen atoms in total. The van der Waals surface area contributed by atoms with E-state index >= 15 is 0 Å². The first-order valence-corrected chi connectivity index (χ1v) is 7.14. The molecule has 0 spiro atoms. The summed E-state index contributed by atoms with van der Waals surface area (Å²) in [6, 6.07) is 7.89. The van der Waals surface area contributed by atoms with Crippen molar-refractivity contribution < 1.29 is 0 Å². The highest BCUT2D eigenvalue weighted by Crippen LogP contribution is 2.21. The molecule has 0 fully saturated rings. The minimum absolute atomic E-state index is 0.137. The summed E-state index contributed by atoms with van der Waals surface area (Å²) in [7, 11) is 0. The summed E-state index contributed by atoms with van der Waals surface area (Å²) in [6.07, 6.45) is 5.14. The van der Waals surface area contributed by atoms with E-state index in [4.69, 9.17) is 0 Å². The lowest BCUT2D eigenvalue weighted by molar-refractivity contribution is 0.869. The van der Waals surface area contributed by atoms with Crippen LogP contribution in [-0.2, 0) is 0 Å². The molecule has 0 aliphatic heterocycles. The van der Waals surface area contributed by atoms with Crippen LogP contribution in [-0.4, -0.2) is 14.5 Å². The summed E-state index contributed by atoms with van der Waals surface area (Å²) in [5, 5.41) is 6.40. The van der Waals surface area contributed by atoms with Gasteiger partial charge in [-0.15, -0.1) is 11.3 Å². The number of benzene rings is 1. The fourth-order valence-electron chi connectivity index (χ4n) is 2.00. The topological polar surface area (TPSA) is 62.7 Å². The van der Waals surface area contributed by atoms with Gasteiger partial charge in [-0.3, -0.25) is 4.57 Å². The zero-order chi connectivity index (χ0) is 13.9. The molecule has 2 aromatic heterocycles. The lowest BCUT2D eigenvalue weighted by atomic mass is 10.2. The number of imidazole rings is 1. The maximum Gasteiger partial charge on any atom is 0.330 e. The Morgan fingerprint density at radius 2 is 2.15 bits per heavy atom. The van der Waals surface area contributed by atoms with Crippen LogP contribution in [0.15, 0.2) is 53.0 Å². The molecule has 2 heterocycles. The Hall–Kier alpha value is -2.34. The van der Waals surface area contributed by atoms with E-state index in [0.29, 0.717) is 0 Å². The normalized spacial score (nSPS) is 12.2. The third-order valence-corrected chi connectivity index (χ3v) is 3.96. The minimum Gasteiger partial charge on any atom is -0.376 e. The van der Waals surface area contributed by atoms with Crippen molar-refractivity contribution in [3.63, 3.8) is 0 Å². The molecule has 0 saturated carbocycles. The summed E-state index contributed by atoms with van der Waals surface area (Å²) in [5.74, 6) is 0. The van der Waals surface area contributed by atoms with Crippen LogP contribution in [0, 0.1) is 0 Å². The van der Waals surface area contributed by atoms with Crippen molar-refractivity contribution in [3.05, 3.63) is 63.7 Å². The van der Waals surface area contributed by atoms with Gasteiger partial charge in [0.15, 0.2) is 0 Å². The predicted molar refractivity (Wildman–Crippen MR) is 80.5 cm³/mol. The Morgan fingerprint density at radius 1 is 1.35 bits per heavy atom. The summed E-state index contributed by atoms with van der Waals surface area (Å²) in [5.41, 5.74) is 1.70. The van der Waals surface area contributed by atoms with Gasteiger partial charge in [-0.2, -0.15) is 0 Å². The fourth-order valence-corrected chi connectivity index (χ4v) is 2.65. The van der Waals surface area contributed by atoms with E-state index in [9.17, 15) is 4.79 Å². The third-order valence-electron chi connectivity index (χ3n) is 3.00. The van der Waals surface area contributed by atoms with Gasteiger partial charge in [0.25, 0.3) is 0 Å². The van der Waals surface area contributed by atoms with Crippen LogP contribution in [0.2, 0.25) is 0 Å². The largest absolute Gasteiger partial charge is 0.376 e. The van der Waals surface area contributed by atoms with Crippen molar-refractivity contribution in [2.45, 2.75) is 13.0 Å². The van der Waals surface area contributed by atoms with Gasteiger partial charge in [0.2, 0.25) is 0 Å². The second-order valence-electron chi connectivity index (χ2n) is 4.42. The van der Waals surface area contributed by atoms with Crippen LogP contribution in [0.4, 0.5) is 5.69 Å². The molecule has 3 rings (SSSR count). The highest BCUT2D eigenvalue weighted by molar-refractivity contribution is 7.09. The Bertz CT molecular complexity index is 727. The average molecular weight is 286 g/mol. The highest BCUT2D eigenvalue weighted by atomic mass is 32.1. The van der Waals surface area contributed by atoms with E-state index in [1.165, 1.54) is 0 Å². The molecule has 1 aromatic carbocycles. The molecule has 0 saturated heterocycles. The lowest BCUT2D eigenvalue weighted by Gasteiger charge is -2.13. The maximum absolute atomic E-state index is 11.5. The Kier molecular flexibility index (Phi) is 3.39. The molecular weight excluding hydrogens is 272 g/mol. The zero-order valence-corrected chi connectivity index (χ0v) is 11.7. The SMILES string of the molecule is CC(Nc1ccc(-n2cc[nH]c2=O)cc1)c1nccs1. The second-order valence-corrected chi connectivity index (χ2v) is 5.34. The average Bonchev–Trinajstić information content (AvgIpc) is 3.11. The number of nitrogens with one attached hydrogen (secondary N) is 2. The van der Waals surface area contributed by atoms with Crippen LogP contribution in [0.3, 0.4) is 0 Å². The first-order chi connectivity index (χ1) is 9.74. The van der Waals surface area contributed by atoms with Gasteiger partial charge in [-0.1, -0.05) is 0 Å². The highest BCUT2D eigenvalue weighted by Gasteiger charge is 2.07. The van der Waals surface area contributed by atoms with Gasteiger partial charge in [0.05, 0.1) is 11.7 Å². The quantitative estimate of drug-likeness (QED) is 0.775. The summed E-state index contributed by atoms with van der Waals surface area (Å²) >= 11 is 1.63. The standard InChI is InChI=1S/C14H14N4OS/c1-10(13-15-7-9-20-13)17-11-2-4-12(5-3-11)18-8-6-16-14(18)19/h2-10,17H,1H3,(H,16,19). The molecule has 2 N–H and O–H groups in total. The maximum atomic E-state index is 11.5. The van der Waals surface area contributed by atoms with Crippen molar-refractivity contribution in [2.75, 3.05) is 5.32 Å². The summed E-state index contributed by atoms with van der Waals surface area (Å²) in [6.45, 7) is 2.07. The van der Waals surface area contributed by atoms with Crippen LogP contribution in [0.5, 0.6) is 0 Å². The monoisotopic (exact) mass is 286 g/mol. The van der Waals surface area contributed by atoms with Crippen molar-refractivity contribution in [3.8, 4) is 5.69 Å². The van der Waals surface area contributed by atoms with Crippen LogP contribution in [0.25, 0.3) is 5.69 Å². The predicted octanol–water partition coefficient (Wildman–Crippen LogP) is 2.80. The van der Waals surface area contributed by atoms with Gasteiger partial charge < -0.3 is 10.3 Å². The van der Waals surface area contributed by atoms with Crippen LogP contribution < -0.4 is 11.0 Å². The molecule has 0 aliphatic rings. The number of aromatic amines is 1. The fraction of sp³-hybridized carbons (Fsp3) is 0.143. The van der Waals surface area contributed by atoms with E-state index in [0.717, 1.165) is 16.4 Å². The lowest BCUT2D eigenvalue weighted by Crippen LogP contribution is -2.14. The molecule has 6 heteroatoms. The molecular formula is C14H14N4OS. The van der Waals surface area contributed by atoms with Gasteiger partial charge >= 0.3 is 5.69 Å². The molecule has 0 amide bonds. The van der Waals surface area contributed by atoms with Crippen LogP contribution in [0.1, 0.15) is 18.0 Å². The van der Waals surface area contributed by atoms with Gasteiger partial charge in [-0.05, 0) is 31.2 Å². The van der Waals surface area contributed by atoms with E-state index in [-0.39, 0.29) is 11.7 Å². The Balaban J connectivity index is 1.77. The molecule has 20 heavy (non-hydrogen) atoms. The number of hydrogen-bond donors (Lipinski definition) is 2. The Morgan fingerprint density at radius 3 is 2.75 bits per heavy atom. The number of hydrogen-bond acceptors (Lipinski definition) is 4. The molecule has 3 aromatic rings. The zero-order valence-electron chi connectivity index (χ0n) is 10.9. The molecule has 1 atom stereocenters. The van der Waals surface area contributed by atoms with Crippen LogP contribution >= 0.6 is 11.3 Å². The van der Waals surface area contributed by atoms with Gasteiger partial charge in [0.1, 0.15) is 5.01 Å². The number of thiazole rings is 1. The molecule has 0 bridgehead atoms. The number of rotatable bonds is 4. The second kappa shape index (κ2) is 5.34. The van der Waals surface area contributed by atoms with E-state index in [1.807, 2.05) is 29.6 Å². The number of anilines is 1. The van der Waals surface area contributed by atoms with E-state index in [1.54, 1.807) is 34.5 Å². The van der Waals surface area contributed by atoms with Crippen molar-refractivity contribution in [1.29, 1.82) is 0 Å². The number of H-pyrrole nitrogens is 1. The Labute approximate surface area is 119 Å². The number of aromatic nitrogens is 3. The molecule has 1 unspecified atom stereocenters. The summed E-state index contributed by atoms with van der Waals surface area (Å²) < 4.78 is 1.56. The van der Waals surface area contributed by atoms with Gasteiger partial charge in [0, 0.05) is 29.7 Å². The minimum atomic E-state index is -0.137.